The number of unbranched alkanes of at least 4 members (excludes halogenated alkanes) is 2. The van der Waals surface area contributed by atoms with Crippen molar-refractivity contribution in [3.05, 3.63) is 136 Å². The molecule has 6 rings (SSSR count). The molecule has 260 valence electrons. The van der Waals surface area contributed by atoms with Crippen LogP contribution in [0.5, 0.6) is 0 Å². The van der Waals surface area contributed by atoms with E-state index in [9.17, 15) is 0 Å². The van der Waals surface area contributed by atoms with Gasteiger partial charge in [-0.3, -0.25) is 0 Å². The molecule has 0 aromatic heterocycles. The molecular formula is C46H55Cl2Zr-3. The van der Waals surface area contributed by atoms with Crippen LogP contribution < -0.4 is 0 Å². The van der Waals surface area contributed by atoms with E-state index in [0.717, 1.165) is 0 Å². The minimum atomic E-state index is -0.826. The van der Waals surface area contributed by atoms with Gasteiger partial charge in [-0.1, -0.05) is 147 Å². The van der Waals surface area contributed by atoms with Gasteiger partial charge < -0.3 is 6.92 Å². The Hall–Kier alpha value is -2.44. The summed E-state index contributed by atoms with van der Waals surface area (Å²) in [5, 5.41) is 5.69. The second-order valence-corrected chi connectivity index (χ2v) is 16.9. The molecule has 0 saturated carbocycles. The van der Waals surface area contributed by atoms with Crippen molar-refractivity contribution < 1.29 is 20.8 Å². The van der Waals surface area contributed by atoms with Crippen LogP contribution in [0.2, 0.25) is 0 Å². The van der Waals surface area contributed by atoms with Crippen LogP contribution in [0.3, 0.4) is 0 Å². The summed E-state index contributed by atoms with van der Waals surface area (Å²) in [6.07, 6.45) is 7.44. The number of hydrogen-bond donors (Lipinski definition) is 0. The van der Waals surface area contributed by atoms with Crippen molar-refractivity contribution in [2.75, 3.05) is 0 Å². The maximum atomic E-state index is 4.93. The normalized spacial score (nSPS) is 10.5. The third-order valence-corrected chi connectivity index (χ3v) is 9.56. The number of hydrogen-bond acceptors (Lipinski definition) is 0. The van der Waals surface area contributed by atoms with Crippen molar-refractivity contribution in [1.29, 1.82) is 0 Å². The van der Waals surface area contributed by atoms with Gasteiger partial charge in [0, 0.05) is 0 Å². The molecule has 0 amide bonds. The molecular weight excluding hydrogens is 715 g/mol. The summed E-state index contributed by atoms with van der Waals surface area (Å²) in [6.45, 7) is 22.8. The van der Waals surface area contributed by atoms with E-state index in [0.29, 0.717) is 0 Å². The molecule has 0 atom stereocenters. The van der Waals surface area contributed by atoms with Crippen LogP contribution in [0, 0.1) is 48.5 Å². The zero-order valence-electron chi connectivity index (χ0n) is 31.3. The van der Waals surface area contributed by atoms with Crippen molar-refractivity contribution in [3.63, 3.8) is 0 Å². The number of benzene rings is 4. The zero-order chi connectivity index (χ0) is 36.1. The molecule has 0 fully saturated rings. The molecule has 0 aliphatic carbocycles. The molecule has 0 aliphatic heterocycles. The molecule has 0 spiro atoms. The predicted molar refractivity (Wildman–Crippen MR) is 218 cm³/mol. The molecule has 0 aliphatic rings. The second-order valence-electron chi connectivity index (χ2n) is 13.1. The van der Waals surface area contributed by atoms with E-state index in [2.05, 4.69) is 147 Å². The Morgan fingerprint density at radius 2 is 0.878 bits per heavy atom. The van der Waals surface area contributed by atoms with Gasteiger partial charge in [-0.15, -0.1) is 55.9 Å². The van der Waals surface area contributed by atoms with Gasteiger partial charge in [0.05, 0.1) is 0 Å². The van der Waals surface area contributed by atoms with Gasteiger partial charge in [0.15, 0.2) is 0 Å². The zero-order valence-corrected chi connectivity index (χ0v) is 35.3. The Labute approximate surface area is 316 Å². The average molecular weight is 770 g/mol. The van der Waals surface area contributed by atoms with Crippen molar-refractivity contribution >= 4 is 38.6 Å². The maximum absolute atomic E-state index is 4.93. The fraction of sp³-hybridized carbons (Fsp3) is 0.326. The molecule has 0 radical (unpaired) electrons. The number of rotatable bonds is 8. The van der Waals surface area contributed by atoms with Crippen molar-refractivity contribution in [2.24, 2.45) is 0 Å². The monoisotopic (exact) mass is 767 g/mol. The van der Waals surface area contributed by atoms with E-state index < -0.39 is 20.8 Å². The van der Waals surface area contributed by atoms with Crippen molar-refractivity contribution in [1.82, 2.24) is 0 Å². The molecule has 0 heterocycles. The van der Waals surface area contributed by atoms with Crippen LogP contribution in [0.4, 0.5) is 0 Å². The Balaban J connectivity index is 0.000000235. The number of aryl methyl sites for hydroxylation is 8. The number of halogens is 2. The van der Waals surface area contributed by atoms with Crippen LogP contribution >= 0.6 is 17.0 Å². The Bertz CT molecular complexity index is 1750. The van der Waals surface area contributed by atoms with Gasteiger partial charge in [-0.25, -0.2) is 0 Å². The SMILES string of the molecule is CCCCc1cc2c(-c3ccc(C)cc3)cc(C)c(C)c2[cH-]1.CCCCc1cc2c(-c3ccc(C)cc3)cc(C)c(C)c2[cH-]1.[CH2-]C.[Cl][Zr][Cl]. The molecule has 0 N–H and O–H groups in total. The molecule has 0 nitrogen and oxygen atoms in total. The molecule has 0 bridgehead atoms. The Kier molecular flexibility index (Phi) is 17.1. The quantitative estimate of drug-likeness (QED) is 0.135. The third-order valence-electron chi connectivity index (χ3n) is 9.56. The summed E-state index contributed by atoms with van der Waals surface area (Å²) in [5.41, 5.74) is 16.6. The van der Waals surface area contributed by atoms with E-state index in [-0.39, 0.29) is 0 Å². The predicted octanol–water partition coefficient (Wildman–Crippen LogP) is 15.2. The first-order valence-electron chi connectivity index (χ1n) is 17.8. The topological polar surface area (TPSA) is 0 Å². The van der Waals surface area contributed by atoms with E-state index >= 15 is 0 Å². The van der Waals surface area contributed by atoms with Crippen molar-refractivity contribution in [3.8, 4) is 22.3 Å². The van der Waals surface area contributed by atoms with Gasteiger partial charge >= 0.3 is 37.9 Å². The first kappa shape index (κ1) is 41.0. The molecule has 0 saturated heterocycles. The Morgan fingerprint density at radius 3 is 1.18 bits per heavy atom. The van der Waals surface area contributed by atoms with Gasteiger partial charge in [0.1, 0.15) is 0 Å². The van der Waals surface area contributed by atoms with Crippen LogP contribution in [0.15, 0.2) is 84.9 Å². The summed E-state index contributed by atoms with van der Waals surface area (Å²) in [6, 6.07) is 32.2. The molecule has 49 heavy (non-hydrogen) atoms. The summed E-state index contributed by atoms with van der Waals surface area (Å²) in [4.78, 5) is 0. The summed E-state index contributed by atoms with van der Waals surface area (Å²) in [7, 11) is 9.87. The molecule has 6 aromatic rings. The first-order valence-corrected chi connectivity index (χ1v) is 24.1. The summed E-state index contributed by atoms with van der Waals surface area (Å²) < 4.78 is 0. The molecule has 3 heteroatoms. The van der Waals surface area contributed by atoms with E-state index in [4.69, 9.17) is 17.0 Å². The van der Waals surface area contributed by atoms with Crippen LogP contribution in [-0.4, -0.2) is 0 Å². The van der Waals surface area contributed by atoms with Crippen molar-refractivity contribution in [2.45, 2.75) is 101 Å². The molecule has 6 aromatic carbocycles. The third kappa shape index (κ3) is 10.8. The minimum absolute atomic E-state index is 0.826. The van der Waals surface area contributed by atoms with Crippen LogP contribution in [0.1, 0.15) is 91.0 Å². The van der Waals surface area contributed by atoms with Gasteiger partial charge in [0.2, 0.25) is 0 Å². The summed E-state index contributed by atoms with van der Waals surface area (Å²) in [5.74, 6) is 0. The van der Waals surface area contributed by atoms with Gasteiger partial charge in [-0.2, -0.15) is 19.1 Å². The molecule has 0 unspecified atom stereocenters. The fourth-order valence-corrected chi connectivity index (χ4v) is 6.43. The van der Waals surface area contributed by atoms with E-state index in [1.165, 1.54) is 127 Å². The summed E-state index contributed by atoms with van der Waals surface area (Å²) >= 11 is -0.826. The number of fused-ring (bicyclic) bond motifs is 2. The van der Waals surface area contributed by atoms with Crippen LogP contribution in [0.25, 0.3) is 43.8 Å². The van der Waals surface area contributed by atoms with Gasteiger partial charge in [0.25, 0.3) is 0 Å². The Morgan fingerprint density at radius 1 is 0.551 bits per heavy atom. The van der Waals surface area contributed by atoms with Crippen LogP contribution in [-0.2, 0) is 33.7 Å². The second kappa shape index (κ2) is 20.4. The average Bonchev–Trinajstić information content (AvgIpc) is 3.74. The van der Waals surface area contributed by atoms with E-state index in [1.54, 1.807) is 6.92 Å². The first-order chi connectivity index (χ1) is 23.6. The van der Waals surface area contributed by atoms with E-state index in [1.807, 2.05) is 0 Å². The van der Waals surface area contributed by atoms with Gasteiger partial charge in [-0.05, 0) is 51.7 Å². The fourth-order valence-electron chi connectivity index (χ4n) is 6.43. The standard InChI is InChI=1S/2C22H25.C2H5.2ClH.Zr/c2*1-5-6-7-18-13-20-17(4)16(3)12-21(22(20)14-18)19-10-8-15(2)9-11-19;1-2;;;/h2*8-14H,5-7H2,1-4H3;1H2,2H3;2*1H;/q3*-1;;;+2/p-2.